The van der Waals surface area contributed by atoms with Gasteiger partial charge in [0.05, 0.1) is 16.8 Å². The van der Waals surface area contributed by atoms with E-state index in [0.717, 1.165) is 12.1 Å². The minimum atomic E-state index is -3.95. The topological polar surface area (TPSA) is 76.6 Å². The summed E-state index contributed by atoms with van der Waals surface area (Å²) < 4.78 is 31.5. The molecule has 3 aromatic carbocycles. The van der Waals surface area contributed by atoms with Crippen molar-refractivity contribution in [3.05, 3.63) is 90.5 Å². The molecule has 6 nitrogen and oxygen atoms in total. The summed E-state index contributed by atoms with van der Waals surface area (Å²) in [4.78, 5) is 20.6. The summed E-state index contributed by atoms with van der Waals surface area (Å²) in [6.07, 6.45) is 1.11. The lowest BCUT2D eigenvalue weighted by atomic mass is 10.0. The second-order valence-corrected chi connectivity index (χ2v) is 9.88. The number of fused-ring (bicyclic) bond motifs is 1. The summed E-state index contributed by atoms with van der Waals surface area (Å²) in [5.41, 5.74) is 2.47. The van der Waals surface area contributed by atoms with E-state index in [4.69, 9.17) is 9.17 Å². The lowest BCUT2D eigenvalue weighted by Gasteiger charge is -2.25. The van der Waals surface area contributed by atoms with Crippen LogP contribution in [0.5, 0.6) is 5.75 Å². The molecule has 0 bridgehead atoms. The lowest BCUT2D eigenvalue weighted by Crippen LogP contribution is -2.32. The molecule has 7 heteroatoms. The minimum Gasteiger partial charge on any atom is -0.379 e. The van der Waals surface area contributed by atoms with Crippen LogP contribution in [-0.2, 0) is 10.1 Å². The Morgan fingerprint density at radius 2 is 1.49 bits per heavy atom. The van der Waals surface area contributed by atoms with Crippen molar-refractivity contribution in [3.8, 4) is 17.0 Å². The zero-order valence-electron chi connectivity index (χ0n) is 19.8. The molecule has 4 rings (SSSR count). The number of benzene rings is 3. The highest BCUT2D eigenvalue weighted by Gasteiger charge is 2.30. The molecule has 0 spiro atoms. The summed E-state index contributed by atoms with van der Waals surface area (Å²) in [7, 11) is -3.95. The summed E-state index contributed by atoms with van der Waals surface area (Å²) >= 11 is 0. The average Bonchev–Trinajstić information content (AvgIpc) is 2.87. The Balaban J connectivity index is 2.03. The van der Waals surface area contributed by atoms with Gasteiger partial charge in [-0.15, -0.1) is 0 Å². The Kier molecular flexibility index (Phi) is 7.46. The van der Waals surface area contributed by atoms with Gasteiger partial charge >= 0.3 is 10.1 Å². The molecule has 1 aromatic heterocycles. The third-order valence-corrected chi connectivity index (χ3v) is 6.86. The van der Waals surface area contributed by atoms with E-state index in [0.29, 0.717) is 35.1 Å². The molecule has 0 unspecified atom stereocenters. The van der Waals surface area contributed by atoms with Crippen LogP contribution in [0, 0.1) is 0 Å². The summed E-state index contributed by atoms with van der Waals surface area (Å²) in [6, 6.07) is 25.8. The number of para-hydroxylation sites is 2. The van der Waals surface area contributed by atoms with Crippen LogP contribution in [0.3, 0.4) is 0 Å². The summed E-state index contributed by atoms with van der Waals surface area (Å²) in [5, 5.41) is 0.538. The van der Waals surface area contributed by atoms with Gasteiger partial charge in [-0.1, -0.05) is 80.6 Å². The highest BCUT2D eigenvalue weighted by Crippen LogP contribution is 2.38. The number of carbonyl (C=O) groups excluding carboxylic acids is 1. The number of hydrogen-bond acceptors (Lipinski definition) is 5. The fraction of sp³-hybridized carbons (Fsp3) is 0.214. The monoisotopic (exact) mass is 488 g/mol. The number of anilines is 1. The van der Waals surface area contributed by atoms with E-state index in [1.165, 1.54) is 0 Å². The molecule has 0 saturated heterocycles. The molecule has 0 aliphatic heterocycles. The fourth-order valence-electron chi connectivity index (χ4n) is 4.01. The predicted octanol–water partition coefficient (Wildman–Crippen LogP) is 6.08. The van der Waals surface area contributed by atoms with E-state index >= 15 is 0 Å². The molecule has 180 valence electrons. The van der Waals surface area contributed by atoms with Gasteiger partial charge in [-0.3, -0.25) is 4.79 Å². The number of amides is 1. The first-order valence-corrected chi connectivity index (χ1v) is 13.3. The van der Waals surface area contributed by atoms with E-state index in [9.17, 15) is 13.2 Å². The molecule has 1 amide bonds. The number of hydrogen-bond donors (Lipinski definition) is 0. The van der Waals surface area contributed by atoms with Crippen molar-refractivity contribution < 1.29 is 17.4 Å². The molecule has 0 aliphatic carbocycles. The number of pyridine rings is 1. The maximum Gasteiger partial charge on any atom is 0.309 e. The van der Waals surface area contributed by atoms with Gasteiger partial charge in [0.1, 0.15) is 5.69 Å². The maximum atomic E-state index is 14.2. The number of nitrogens with zero attached hydrogens (tertiary/aromatic N) is 2. The molecule has 0 fully saturated rings. The molecule has 35 heavy (non-hydrogen) atoms. The van der Waals surface area contributed by atoms with Gasteiger partial charge in [-0.2, -0.15) is 8.42 Å². The third-order valence-electron chi connectivity index (χ3n) is 5.53. The van der Waals surface area contributed by atoms with Gasteiger partial charge in [-0.25, -0.2) is 4.98 Å². The van der Waals surface area contributed by atoms with Crippen LogP contribution in [-0.4, -0.2) is 31.6 Å². The first-order chi connectivity index (χ1) is 16.9. The third kappa shape index (κ3) is 5.35. The van der Waals surface area contributed by atoms with E-state index in [1.54, 1.807) is 24.0 Å². The Labute approximate surface area is 206 Å². The number of rotatable bonds is 9. The Bertz CT molecular complexity index is 1420. The quantitative estimate of drug-likeness (QED) is 0.267. The van der Waals surface area contributed by atoms with Gasteiger partial charge in [0, 0.05) is 23.2 Å². The second-order valence-electron chi connectivity index (χ2n) is 8.19. The molecule has 0 N–H and O–H groups in total. The molecule has 0 atom stereocenters. The number of aromatic nitrogens is 1. The van der Waals surface area contributed by atoms with Crippen molar-refractivity contribution in [1.29, 1.82) is 0 Å². The van der Waals surface area contributed by atoms with Crippen molar-refractivity contribution in [2.24, 2.45) is 0 Å². The average molecular weight is 489 g/mol. The fourth-order valence-corrected chi connectivity index (χ4v) is 5.01. The van der Waals surface area contributed by atoms with Crippen molar-refractivity contribution in [2.75, 3.05) is 17.2 Å². The van der Waals surface area contributed by atoms with Crippen molar-refractivity contribution in [2.45, 2.75) is 26.7 Å². The van der Waals surface area contributed by atoms with Crippen molar-refractivity contribution in [1.82, 2.24) is 4.98 Å². The minimum absolute atomic E-state index is 0.0367. The smallest absolute Gasteiger partial charge is 0.309 e. The molecule has 4 aromatic rings. The second kappa shape index (κ2) is 10.7. The van der Waals surface area contributed by atoms with Gasteiger partial charge in [0.25, 0.3) is 5.91 Å². The van der Waals surface area contributed by atoms with E-state index < -0.39 is 10.1 Å². The van der Waals surface area contributed by atoms with Crippen LogP contribution in [0.25, 0.3) is 22.2 Å². The summed E-state index contributed by atoms with van der Waals surface area (Å²) in [6.45, 7) is 4.22. The Morgan fingerprint density at radius 3 is 2.14 bits per heavy atom. The molecule has 0 saturated carbocycles. The predicted molar refractivity (Wildman–Crippen MR) is 140 cm³/mol. The van der Waals surface area contributed by atoms with Crippen LogP contribution in [0.4, 0.5) is 5.69 Å². The zero-order chi connectivity index (χ0) is 24.8. The SMILES string of the molecule is CCCN(C(=O)c1c(OS(=O)(=O)CCC)c(-c2ccccc2)nc2ccccc12)c1ccccc1. The lowest BCUT2D eigenvalue weighted by molar-refractivity contribution is 0.0987. The summed E-state index contributed by atoms with van der Waals surface area (Å²) in [5.74, 6) is -0.542. The molecule has 0 radical (unpaired) electrons. The van der Waals surface area contributed by atoms with Crippen LogP contribution >= 0.6 is 0 Å². The van der Waals surface area contributed by atoms with Crippen LogP contribution < -0.4 is 9.08 Å². The standard InChI is InChI=1S/C28H28N2O4S/c1-3-19-30(22-15-9-6-10-16-22)28(31)25-23-17-11-12-18-24(23)29-26(21-13-7-5-8-14-21)27(25)34-35(32,33)20-4-2/h5-18H,3-4,19-20H2,1-2H3. The van der Waals surface area contributed by atoms with Gasteiger partial charge in [0.15, 0.2) is 5.75 Å². The highest BCUT2D eigenvalue weighted by molar-refractivity contribution is 7.87. The van der Waals surface area contributed by atoms with Gasteiger partial charge < -0.3 is 9.08 Å². The van der Waals surface area contributed by atoms with E-state index in [2.05, 4.69) is 0 Å². The van der Waals surface area contributed by atoms with Crippen molar-refractivity contribution in [3.63, 3.8) is 0 Å². The van der Waals surface area contributed by atoms with Crippen LogP contribution in [0.1, 0.15) is 37.0 Å². The molecule has 1 heterocycles. The van der Waals surface area contributed by atoms with Gasteiger partial charge in [-0.05, 0) is 31.0 Å². The Hall–Kier alpha value is -3.71. The first kappa shape index (κ1) is 24.4. The molecular formula is C28H28N2O4S. The van der Waals surface area contributed by atoms with E-state index in [1.807, 2.05) is 79.7 Å². The first-order valence-electron chi connectivity index (χ1n) is 11.7. The Morgan fingerprint density at radius 1 is 0.857 bits per heavy atom. The largest absolute Gasteiger partial charge is 0.379 e. The zero-order valence-corrected chi connectivity index (χ0v) is 20.7. The highest BCUT2D eigenvalue weighted by atomic mass is 32.2. The van der Waals surface area contributed by atoms with E-state index in [-0.39, 0.29) is 23.0 Å². The molecular weight excluding hydrogens is 460 g/mol. The normalized spacial score (nSPS) is 11.4. The van der Waals surface area contributed by atoms with Gasteiger partial charge in [0.2, 0.25) is 0 Å². The molecule has 0 aliphatic rings. The number of carbonyl (C=O) groups is 1. The van der Waals surface area contributed by atoms with Crippen LogP contribution in [0.2, 0.25) is 0 Å². The van der Waals surface area contributed by atoms with Crippen LogP contribution in [0.15, 0.2) is 84.9 Å². The maximum absolute atomic E-state index is 14.2. The van der Waals surface area contributed by atoms with Crippen molar-refractivity contribution >= 4 is 32.6 Å².